The van der Waals surface area contributed by atoms with Crippen molar-refractivity contribution in [3.63, 3.8) is 0 Å². The fraction of sp³-hybridized carbons (Fsp3) is 0.370. The van der Waals surface area contributed by atoms with Crippen LogP contribution in [0.25, 0.3) is 0 Å². The first-order valence-corrected chi connectivity index (χ1v) is 14.2. The number of benzene rings is 1. The van der Waals surface area contributed by atoms with Gasteiger partial charge in [0.2, 0.25) is 11.8 Å². The summed E-state index contributed by atoms with van der Waals surface area (Å²) in [6.45, 7) is 7.88. The van der Waals surface area contributed by atoms with E-state index in [2.05, 4.69) is 10.6 Å². The maximum Gasteiger partial charge on any atom is 0.410 e. The zero-order valence-corrected chi connectivity index (χ0v) is 24.2. The number of aliphatic carboxylic acids is 1. The van der Waals surface area contributed by atoms with Crippen molar-refractivity contribution < 1.29 is 38.6 Å². The summed E-state index contributed by atoms with van der Waals surface area (Å²) < 4.78 is 10.7. The molecule has 0 bridgehead atoms. The Hall–Kier alpha value is -3.84. The number of anilines is 2. The second-order valence-corrected chi connectivity index (χ2v) is 11.8. The van der Waals surface area contributed by atoms with Gasteiger partial charge >= 0.3 is 18.0 Å². The number of hydrogen-bond donors (Lipinski definition) is 3. The summed E-state index contributed by atoms with van der Waals surface area (Å²) in [5.41, 5.74) is 0.868. The maximum atomic E-state index is 12.9. The van der Waals surface area contributed by atoms with Crippen LogP contribution in [0.4, 0.5) is 15.5 Å². The third-order valence-electron chi connectivity index (χ3n) is 5.29. The predicted octanol–water partition coefficient (Wildman–Crippen LogP) is 4.53. The smallest absolute Gasteiger partial charge is 0.410 e. The van der Waals surface area contributed by atoms with Crippen LogP contribution in [0.5, 0.6) is 0 Å². The molecule has 0 atom stereocenters. The van der Waals surface area contributed by atoms with Crippen LogP contribution in [0, 0.1) is 0 Å². The average molecular weight is 590 g/mol. The quantitative estimate of drug-likeness (QED) is 0.218. The van der Waals surface area contributed by atoms with Gasteiger partial charge in [0.15, 0.2) is 0 Å². The Morgan fingerprint density at radius 2 is 1.90 bits per heavy atom. The maximum absolute atomic E-state index is 12.9. The molecule has 3 rings (SSSR count). The minimum absolute atomic E-state index is 0.0190. The zero-order valence-electron chi connectivity index (χ0n) is 22.6. The van der Waals surface area contributed by atoms with Crippen LogP contribution in [-0.2, 0) is 36.8 Å². The molecule has 0 unspecified atom stereocenters. The first-order chi connectivity index (χ1) is 18.9. The van der Waals surface area contributed by atoms with Crippen LogP contribution in [0.1, 0.15) is 48.5 Å². The second kappa shape index (κ2) is 13.5. The number of thiophene rings is 1. The van der Waals surface area contributed by atoms with Crippen LogP contribution in [0.2, 0.25) is 0 Å². The van der Waals surface area contributed by atoms with Gasteiger partial charge in [-0.1, -0.05) is 6.07 Å². The van der Waals surface area contributed by atoms with Crippen LogP contribution in [0.15, 0.2) is 41.3 Å². The van der Waals surface area contributed by atoms with Gasteiger partial charge in [-0.2, -0.15) is 0 Å². The van der Waals surface area contributed by atoms with E-state index >= 15 is 0 Å². The largest absolute Gasteiger partial charge is 0.478 e. The van der Waals surface area contributed by atoms with Crippen molar-refractivity contribution in [3.8, 4) is 0 Å². The van der Waals surface area contributed by atoms with Crippen LogP contribution >= 0.6 is 23.1 Å². The third kappa shape index (κ3) is 8.85. The second-order valence-electron chi connectivity index (χ2n) is 9.61. The molecule has 3 N–H and O–H groups in total. The number of amides is 3. The molecule has 1 aliphatic heterocycles. The number of fused-ring (bicyclic) bond motifs is 1. The van der Waals surface area contributed by atoms with Gasteiger partial charge in [0.25, 0.3) is 0 Å². The van der Waals surface area contributed by atoms with Gasteiger partial charge in [0.05, 0.1) is 24.5 Å². The number of carboxylic acids is 1. The number of rotatable bonds is 9. The Morgan fingerprint density at radius 1 is 1.15 bits per heavy atom. The van der Waals surface area contributed by atoms with Crippen molar-refractivity contribution in [2.75, 3.05) is 29.5 Å². The fourth-order valence-electron chi connectivity index (χ4n) is 3.70. The summed E-state index contributed by atoms with van der Waals surface area (Å²) in [7, 11) is 0. The van der Waals surface area contributed by atoms with Crippen LogP contribution in [-0.4, -0.2) is 64.4 Å². The van der Waals surface area contributed by atoms with Crippen molar-refractivity contribution in [2.45, 2.75) is 51.2 Å². The number of ether oxygens (including phenoxy) is 2. The van der Waals surface area contributed by atoms with Crippen LogP contribution in [0.3, 0.4) is 0 Å². The number of nitrogens with zero attached hydrogens (tertiary/aromatic N) is 1. The number of carboxylic acid groups (broad SMARTS) is 1. The highest BCUT2D eigenvalue weighted by Crippen LogP contribution is 2.38. The molecule has 3 amide bonds. The van der Waals surface area contributed by atoms with E-state index in [0.717, 1.165) is 22.6 Å². The highest BCUT2D eigenvalue weighted by molar-refractivity contribution is 8.00. The molecule has 1 aromatic heterocycles. The number of hydrogen-bond acceptors (Lipinski definition) is 9. The van der Waals surface area contributed by atoms with E-state index in [9.17, 15) is 24.0 Å². The van der Waals surface area contributed by atoms with E-state index in [1.807, 2.05) is 0 Å². The number of nitrogens with one attached hydrogen (secondary N) is 2. The first kappa shape index (κ1) is 30.7. The van der Waals surface area contributed by atoms with Gasteiger partial charge < -0.3 is 30.1 Å². The van der Waals surface area contributed by atoms with Gasteiger partial charge in [-0.3, -0.25) is 9.59 Å². The molecule has 40 heavy (non-hydrogen) atoms. The molecule has 11 nitrogen and oxygen atoms in total. The molecule has 1 aromatic carbocycles. The molecule has 0 saturated carbocycles. The first-order valence-electron chi connectivity index (χ1n) is 12.4. The molecule has 0 spiro atoms. The third-order valence-corrected chi connectivity index (χ3v) is 7.42. The Balaban J connectivity index is 1.69. The van der Waals surface area contributed by atoms with E-state index in [-0.39, 0.29) is 24.8 Å². The minimum atomic E-state index is -1.23. The van der Waals surface area contributed by atoms with Crippen LogP contribution < -0.4 is 10.6 Å². The van der Waals surface area contributed by atoms with Crippen molar-refractivity contribution in [1.29, 1.82) is 0 Å². The molecular formula is C27H31N3O8S2. The lowest BCUT2D eigenvalue weighted by molar-refractivity contribution is -0.131. The van der Waals surface area contributed by atoms with Gasteiger partial charge in [-0.25, -0.2) is 14.4 Å². The Bertz CT molecular complexity index is 1330. The van der Waals surface area contributed by atoms with Crippen molar-refractivity contribution >= 4 is 63.6 Å². The van der Waals surface area contributed by atoms with E-state index in [4.69, 9.17) is 14.6 Å². The van der Waals surface area contributed by atoms with E-state index in [1.54, 1.807) is 56.9 Å². The van der Waals surface area contributed by atoms with E-state index in [1.165, 1.54) is 23.1 Å². The minimum Gasteiger partial charge on any atom is -0.478 e. The van der Waals surface area contributed by atoms with Crippen molar-refractivity contribution in [2.24, 2.45) is 0 Å². The van der Waals surface area contributed by atoms with E-state index in [0.29, 0.717) is 34.1 Å². The number of thioether (sulfide) groups is 1. The Labute approximate surface area is 239 Å². The summed E-state index contributed by atoms with van der Waals surface area (Å²) in [5, 5.41) is 14.4. The Kier molecular flexibility index (Phi) is 10.3. The SMILES string of the molecule is CCOC(=O)c1c(NC(=O)CSc2cccc(NC(=O)/C=C/C(=O)O)c2)sc2c1CCN(C(=O)OC(C)(C)C)C2. The monoisotopic (exact) mass is 589 g/mol. The van der Waals surface area contributed by atoms with Crippen molar-refractivity contribution in [1.82, 2.24) is 4.90 Å². The number of carbonyl (C=O) groups is 5. The molecule has 13 heteroatoms. The summed E-state index contributed by atoms with van der Waals surface area (Å²) in [4.78, 5) is 63.7. The molecule has 2 heterocycles. The number of carbonyl (C=O) groups excluding carboxylic acids is 4. The lowest BCUT2D eigenvalue weighted by Gasteiger charge is -2.30. The molecule has 2 aromatic rings. The summed E-state index contributed by atoms with van der Waals surface area (Å²) in [5.74, 6) is -2.69. The zero-order chi connectivity index (χ0) is 29.4. The molecule has 214 valence electrons. The standard InChI is InChI=1S/C27H31N3O8S2/c1-5-37-25(35)23-18-11-12-30(26(36)38-27(2,3)4)14-19(18)40-24(23)29-21(32)15-39-17-8-6-7-16(13-17)28-20(31)9-10-22(33)34/h6-10,13H,5,11-12,14-15H2,1-4H3,(H,28,31)(H,29,32)(H,33,34)/b10-9+. The highest BCUT2D eigenvalue weighted by Gasteiger charge is 2.32. The van der Waals surface area contributed by atoms with Gasteiger partial charge in [0.1, 0.15) is 10.6 Å². The lowest BCUT2D eigenvalue weighted by atomic mass is 10.0. The Morgan fingerprint density at radius 3 is 2.58 bits per heavy atom. The molecule has 0 saturated heterocycles. The molecule has 0 fully saturated rings. The fourth-order valence-corrected chi connectivity index (χ4v) is 5.72. The topological polar surface area (TPSA) is 151 Å². The van der Waals surface area contributed by atoms with Gasteiger partial charge in [-0.15, -0.1) is 23.1 Å². The molecule has 1 aliphatic rings. The number of esters is 1. The predicted molar refractivity (Wildman–Crippen MR) is 152 cm³/mol. The molecule has 0 radical (unpaired) electrons. The molecule has 0 aliphatic carbocycles. The summed E-state index contributed by atoms with van der Waals surface area (Å²) in [6, 6.07) is 6.75. The average Bonchev–Trinajstić information content (AvgIpc) is 3.22. The normalized spacial score (nSPS) is 12.9. The molecular weight excluding hydrogens is 558 g/mol. The highest BCUT2D eigenvalue weighted by atomic mass is 32.2. The van der Waals surface area contributed by atoms with E-state index < -0.39 is 29.5 Å². The summed E-state index contributed by atoms with van der Waals surface area (Å²) >= 11 is 2.45. The van der Waals surface area contributed by atoms with Gasteiger partial charge in [0, 0.05) is 34.2 Å². The summed E-state index contributed by atoms with van der Waals surface area (Å²) in [6.07, 6.45) is 1.62. The van der Waals surface area contributed by atoms with Gasteiger partial charge in [-0.05, 0) is 57.9 Å². The van der Waals surface area contributed by atoms with Crippen molar-refractivity contribution in [3.05, 3.63) is 52.4 Å². The lowest BCUT2D eigenvalue weighted by Crippen LogP contribution is -2.39.